The van der Waals surface area contributed by atoms with E-state index >= 15 is 0 Å². The summed E-state index contributed by atoms with van der Waals surface area (Å²) in [6.07, 6.45) is 2.89. The number of furan rings is 1. The van der Waals surface area contributed by atoms with Crippen molar-refractivity contribution in [3.05, 3.63) is 65.8 Å². The summed E-state index contributed by atoms with van der Waals surface area (Å²) in [4.78, 5) is 39.1. The Hall–Kier alpha value is -4.06. The van der Waals surface area contributed by atoms with Crippen LogP contribution in [0.5, 0.6) is 0 Å². The van der Waals surface area contributed by atoms with Gasteiger partial charge in [0.15, 0.2) is 5.76 Å². The summed E-state index contributed by atoms with van der Waals surface area (Å²) in [6, 6.07) is 10.9. The van der Waals surface area contributed by atoms with Crippen molar-refractivity contribution in [1.82, 2.24) is 9.80 Å². The molecule has 1 aliphatic heterocycles. The van der Waals surface area contributed by atoms with Crippen molar-refractivity contribution in [3.63, 3.8) is 0 Å². The van der Waals surface area contributed by atoms with E-state index in [-0.39, 0.29) is 28.5 Å². The summed E-state index contributed by atoms with van der Waals surface area (Å²) in [6.45, 7) is 1.77. The fourth-order valence-electron chi connectivity index (χ4n) is 2.86. The zero-order valence-electron chi connectivity index (χ0n) is 15.4. The summed E-state index contributed by atoms with van der Waals surface area (Å²) in [5.41, 5.74) is 0.198. The lowest BCUT2D eigenvalue weighted by atomic mass is 10.2. The fraction of sp³-hybridized carbons (Fsp3) is 0.200. The van der Waals surface area contributed by atoms with E-state index in [1.54, 1.807) is 28.0 Å². The monoisotopic (exact) mass is 394 g/mol. The van der Waals surface area contributed by atoms with Crippen molar-refractivity contribution < 1.29 is 23.9 Å². The van der Waals surface area contributed by atoms with Gasteiger partial charge in [0.2, 0.25) is 0 Å². The summed E-state index contributed by atoms with van der Waals surface area (Å²) in [5, 5.41) is 20.9. The van der Waals surface area contributed by atoms with Crippen LogP contribution in [-0.4, -0.2) is 58.9 Å². The summed E-state index contributed by atoms with van der Waals surface area (Å²) >= 11 is 0. The number of carbonyl (C=O) groups excluding carboxylic acids is 2. The Morgan fingerprint density at radius 2 is 1.90 bits per heavy atom. The van der Waals surface area contributed by atoms with Crippen molar-refractivity contribution in [1.29, 1.82) is 5.26 Å². The van der Waals surface area contributed by atoms with Gasteiger partial charge in [-0.05, 0) is 30.3 Å². The van der Waals surface area contributed by atoms with Crippen LogP contribution in [0, 0.1) is 11.3 Å². The molecule has 1 aromatic heterocycles. The second-order valence-electron chi connectivity index (χ2n) is 6.30. The molecule has 0 radical (unpaired) electrons. The molecule has 29 heavy (non-hydrogen) atoms. The quantitative estimate of drug-likeness (QED) is 0.584. The highest BCUT2D eigenvalue weighted by Gasteiger charge is 2.23. The van der Waals surface area contributed by atoms with Gasteiger partial charge in [0.25, 0.3) is 11.8 Å². The van der Waals surface area contributed by atoms with Crippen LogP contribution >= 0.6 is 0 Å². The predicted molar refractivity (Wildman–Crippen MR) is 102 cm³/mol. The predicted octanol–water partition coefficient (Wildman–Crippen LogP) is 1.78. The maximum atomic E-state index is 12.4. The van der Waals surface area contributed by atoms with Gasteiger partial charge in [-0.3, -0.25) is 9.59 Å². The molecule has 1 fully saturated rings. The minimum absolute atomic E-state index is 0.0302. The molecule has 9 nitrogen and oxygen atoms in total. The number of nitrogens with one attached hydrogen (secondary N) is 1. The highest BCUT2D eigenvalue weighted by Crippen LogP contribution is 2.14. The first kappa shape index (κ1) is 19.7. The molecule has 0 aliphatic carbocycles. The number of amides is 2. The van der Waals surface area contributed by atoms with E-state index in [2.05, 4.69) is 5.32 Å². The molecular weight excluding hydrogens is 376 g/mol. The molecule has 0 atom stereocenters. The van der Waals surface area contributed by atoms with Gasteiger partial charge in [0.05, 0.1) is 11.8 Å². The van der Waals surface area contributed by atoms with Gasteiger partial charge in [-0.15, -0.1) is 0 Å². The van der Waals surface area contributed by atoms with E-state index in [9.17, 15) is 19.6 Å². The van der Waals surface area contributed by atoms with Crippen molar-refractivity contribution in [2.24, 2.45) is 0 Å². The Balaban J connectivity index is 1.61. The minimum atomic E-state index is -1.11. The maximum Gasteiger partial charge on any atom is 0.335 e. The molecule has 0 bridgehead atoms. The first-order valence-electron chi connectivity index (χ1n) is 8.81. The molecule has 9 heteroatoms. The Morgan fingerprint density at radius 1 is 1.14 bits per heavy atom. The zero-order chi connectivity index (χ0) is 20.8. The molecule has 2 amide bonds. The lowest BCUT2D eigenvalue weighted by Crippen LogP contribution is -2.47. The SMILES string of the molecule is N#C/C(=C/N1CCN(C(=O)c2ccco2)CC1)C(=O)Nc1cccc(C(=O)O)c1. The van der Waals surface area contributed by atoms with Crippen LogP contribution in [0.3, 0.4) is 0 Å². The molecule has 2 heterocycles. The molecule has 0 spiro atoms. The van der Waals surface area contributed by atoms with Crippen LogP contribution in [0.1, 0.15) is 20.9 Å². The third-order valence-corrected chi connectivity index (χ3v) is 4.38. The van der Waals surface area contributed by atoms with Crippen molar-refractivity contribution >= 4 is 23.5 Å². The summed E-state index contributed by atoms with van der Waals surface area (Å²) < 4.78 is 5.12. The number of nitriles is 1. The minimum Gasteiger partial charge on any atom is -0.478 e. The Morgan fingerprint density at radius 3 is 2.52 bits per heavy atom. The highest BCUT2D eigenvalue weighted by atomic mass is 16.4. The second kappa shape index (κ2) is 8.75. The summed E-state index contributed by atoms with van der Waals surface area (Å²) in [5.74, 6) is -1.67. The van der Waals surface area contributed by atoms with Crippen LogP contribution in [0.15, 0.2) is 58.9 Å². The lowest BCUT2D eigenvalue weighted by molar-refractivity contribution is -0.112. The Kier molecular flexibility index (Phi) is 5.94. The number of aromatic carboxylic acids is 1. The van der Waals surface area contributed by atoms with Crippen LogP contribution in [0.2, 0.25) is 0 Å². The number of hydrogen-bond donors (Lipinski definition) is 2. The van der Waals surface area contributed by atoms with Crippen LogP contribution < -0.4 is 5.32 Å². The Bertz CT molecular complexity index is 983. The van der Waals surface area contributed by atoms with Crippen molar-refractivity contribution in [2.75, 3.05) is 31.5 Å². The molecule has 2 aromatic rings. The van der Waals surface area contributed by atoms with Crippen molar-refractivity contribution in [3.8, 4) is 6.07 Å². The third kappa shape index (κ3) is 4.81. The molecule has 3 rings (SSSR count). The molecular formula is C20H18N4O5. The van der Waals surface area contributed by atoms with Gasteiger partial charge >= 0.3 is 5.97 Å². The third-order valence-electron chi connectivity index (χ3n) is 4.38. The van der Waals surface area contributed by atoms with Gasteiger partial charge in [-0.2, -0.15) is 5.26 Å². The van der Waals surface area contributed by atoms with E-state index in [0.717, 1.165) is 0 Å². The number of hydrogen-bond acceptors (Lipinski definition) is 6. The number of anilines is 1. The molecule has 1 aromatic carbocycles. The second-order valence-corrected chi connectivity index (χ2v) is 6.30. The molecule has 0 unspecified atom stereocenters. The van der Waals surface area contributed by atoms with Gasteiger partial charge in [0, 0.05) is 38.1 Å². The molecule has 2 N–H and O–H groups in total. The smallest absolute Gasteiger partial charge is 0.335 e. The van der Waals surface area contributed by atoms with E-state index in [0.29, 0.717) is 26.2 Å². The molecule has 0 saturated carbocycles. The van der Waals surface area contributed by atoms with Gasteiger partial charge in [-0.25, -0.2) is 4.79 Å². The Labute approximate surface area is 166 Å². The molecule has 1 aliphatic rings. The lowest BCUT2D eigenvalue weighted by Gasteiger charge is -2.33. The van der Waals surface area contributed by atoms with E-state index in [4.69, 9.17) is 9.52 Å². The van der Waals surface area contributed by atoms with E-state index < -0.39 is 11.9 Å². The standard InChI is InChI=1S/C20H18N4O5/c21-12-15(18(25)22-16-4-1-3-14(11-16)20(27)28)13-23-6-8-24(9-7-23)19(26)17-5-2-10-29-17/h1-5,10-11,13H,6-9H2,(H,22,25)(H,27,28)/b15-13-. The number of carboxylic acid groups (broad SMARTS) is 1. The van der Waals surface area contributed by atoms with Crippen molar-refractivity contribution in [2.45, 2.75) is 0 Å². The first-order chi connectivity index (χ1) is 14.0. The average molecular weight is 394 g/mol. The van der Waals surface area contributed by atoms with Gasteiger partial charge in [-0.1, -0.05) is 6.07 Å². The maximum absolute atomic E-state index is 12.4. The number of carboxylic acids is 1. The fourth-order valence-corrected chi connectivity index (χ4v) is 2.86. The van der Waals surface area contributed by atoms with Crippen LogP contribution in [0.25, 0.3) is 0 Å². The largest absolute Gasteiger partial charge is 0.478 e. The normalized spacial score (nSPS) is 14.2. The van der Waals surface area contributed by atoms with E-state index in [1.165, 1.54) is 30.7 Å². The van der Waals surface area contributed by atoms with E-state index in [1.807, 2.05) is 6.07 Å². The van der Waals surface area contributed by atoms with Gasteiger partial charge < -0.3 is 24.6 Å². The number of rotatable bonds is 5. The molecule has 148 valence electrons. The topological polar surface area (TPSA) is 127 Å². The molecule has 1 saturated heterocycles. The van der Waals surface area contributed by atoms with Crippen LogP contribution in [0.4, 0.5) is 5.69 Å². The van der Waals surface area contributed by atoms with Gasteiger partial charge in [0.1, 0.15) is 11.6 Å². The summed E-state index contributed by atoms with van der Waals surface area (Å²) in [7, 11) is 0. The highest BCUT2D eigenvalue weighted by molar-refractivity contribution is 6.06. The first-order valence-corrected chi connectivity index (χ1v) is 8.81. The average Bonchev–Trinajstić information content (AvgIpc) is 3.27. The number of nitrogens with zero attached hydrogens (tertiary/aromatic N) is 3. The number of benzene rings is 1. The number of carbonyl (C=O) groups is 3. The number of piperazine rings is 1. The zero-order valence-corrected chi connectivity index (χ0v) is 15.4. The van der Waals surface area contributed by atoms with Crippen LogP contribution in [-0.2, 0) is 4.79 Å².